The Morgan fingerprint density at radius 2 is 0.770 bits per heavy atom. The summed E-state index contributed by atoms with van der Waals surface area (Å²) < 4.78 is 102. The molecule has 0 spiro atoms. The van der Waals surface area contributed by atoms with Gasteiger partial charge in [0.15, 0.2) is 0 Å². The fourth-order valence-electron chi connectivity index (χ4n) is 11.8. The lowest BCUT2D eigenvalue weighted by molar-refractivity contribution is 1.14. The molecule has 0 saturated carbocycles. The molecule has 0 amide bonds. The van der Waals surface area contributed by atoms with E-state index in [0.717, 1.165) is 65.8 Å². The normalized spacial score (nSPS) is 13.6. The molecule has 342 valence electrons. The van der Waals surface area contributed by atoms with Crippen LogP contribution < -0.4 is 0 Å². The Bertz CT molecular complexity index is 5130. The Labute approximate surface area is 439 Å². The average Bonchev–Trinajstić information content (AvgIpc) is 1.60. The van der Waals surface area contributed by atoms with E-state index in [2.05, 4.69) is 32.2 Å². The molecule has 15 rings (SSSR count). The van der Waals surface area contributed by atoms with Crippen molar-refractivity contribution in [2.24, 2.45) is 0 Å². The van der Waals surface area contributed by atoms with Gasteiger partial charge in [-0.3, -0.25) is 0 Å². The van der Waals surface area contributed by atoms with Crippen LogP contribution in [0, 0.1) is 17.9 Å². The summed E-state index contributed by atoms with van der Waals surface area (Å²) in [6, 6.07) is 54.5. The lowest BCUT2D eigenvalue weighted by Crippen LogP contribution is -2.08. The Morgan fingerprint density at radius 1 is 0.378 bits per heavy atom. The van der Waals surface area contributed by atoms with E-state index in [-0.39, 0.29) is 44.9 Å². The number of hydrogen-bond acceptors (Lipinski definition) is 1. The molecule has 0 bridgehead atoms. The monoisotopic (exact) mass is 950 g/mol. The number of aromatic nitrogens is 4. The molecular formula is C68H40N6. The number of benzene rings is 11. The summed E-state index contributed by atoms with van der Waals surface area (Å²) in [6.45, 7) is 9.65. The number of hydrogen-bond donors (Lipinski definition) is 0. The van der Waals surface area contributed by atoms with Crippen molar-refractivity contribution in [2.45, 2.75) is 0 Å². The van der Waals surface area contributed by atoms with Crippen LogP contribution in [0.4, 0.5) is 5.69 Å². The van der Waals surface area contributed by atoms with Crippen LogP contribution in [0.5, 0.6) is 0 Å². The third-order valence-corrected chi connectivity index (χ3v) is 14.6. The van der Waals surface area contributed by atoms with Crippen LogP contribution in [0.25, 0.3) is 137 Å². The highest BCUT2D eigenvalue weighted by molar-refractivity contribution is 6.28. The fraction of sp³-hybridized carbons (Fsp3) is 0. The highest BCUT2D eigenvalue weighted by Crippen LogP contribution is 2.54. The van der Waals surface area contributed by atoms with E-state index in [1.807, 2.05) is 170 Å². The van der Waals surface area contributed by atoms with Gasteiger partial charge in [0.25, 0.3) is 0 Å². The Morgan fingerprint density at radius 3 is 1.22 bits per heavy atom. The van der Waals surface area contributed by atoms with E-state index in [4.69, 9.17) is 2.74 Å². The highest BCUT2D eigenvalue weighted by Gasteiger charge is 2.33. The third-order valence-electron chi connectivity index (χ3n) is 14.6. The largest absolute Gasteiger partial charge is 0.318 e. The number of nitrogens with zero attached hydrogens (tertiary/aromatic N) is 6. The van der Waals surface area contributed by atoms with Crippen LogP contribution in [0.2, 0.25) is 0 Å². The SMILES string of the molecule is [2H]c1c([2H])c([2H])c(-c2c([N+]#[C-])c(-n3c4ccccc4c4c3ccc3c5ccccc5n(-c5ccccc5)c34)c(-c3c([2H])c([2H])c([2H])c([2H])c3[2H])c(C#N)c2-n2c3ccccc3c3c2ccc2c4ccccc4n(-c4ccccc4)c23)c([2H])c1[2H]. The molecule has 0 atom stereocenters. The summed E-state index contributed by atoms with van der Waals surface area (Å²) in [5.41, 5.74) is 5.14. The number of rotatable bonds is 6. The maximum Gasteiger partial charge on any atom is 0.221 e. The molecule has 0 aliphatic rings. The van der Waals surface area contributed by atoms with Gasteiger partial charge in [-0.2, -0.15) is 5.26 Å². The molecule has 4 aromatic heterocycles. The zero-order valence-electron chi connectivity index (χ0n) is 49.0. The van der Waals surface area contributed by atoms with E-state index in [1.165, 1.54) is 0 Å². The number of fused-ring (bicyclic) bond motifs is 14. The van der Waals surface area contributed by atoms with Crippen LogP contribution >= 0.6 is 0 Å². The van der Waals surface area contributed by atoms with Gasteiger partial charge in [-0.25, -0.2) is 4.85 Å². The van der Waals surface area contributed by atoms with Gasteiger partial charge in [-0.1, -0.05) is 182 Å². The summed E-state index contributed by atoms with van der Waals surface area (Å²) >= 11 is 0. The maximum absolute atomic E-state index is 12.5. The first-order valence-corrected chi connectivity index (χ1v) is 24.1. The van der Waals surface area contributed by atoms with Crippen molar-refractivity contribution in [3.8, 4) is 51.1 Å². The Kier molecular flexibility index (Phi) is 7.05. The van der Waals surface area contributed by atoms with E-state index in [1.54, 1.807) is 9.13 Å². The predicted molar refractivity (Wildman–Crippen MR) is 306 cm³/mol. The highest BCUT2D eigenvalue weighted by atomic mass is 15.1. The summed E-state index contributed by atoms with van der Waals surface area (Å²) in [5.74, 6) is 0. The van der Waals surface area contributed by atoms with Crippen molar-refractivity contribution in [2.75, 3.05) is 0 Å². The van der Waals surface area contributed by atoms with Crippen LogP contribution in [0.15, 0.2) is 242 Å². The van der Waals surface area contributed by atoms with Crippen LogP contribution in [0.1, 0.15) is 19.3 Å². The van der Waals surface area contributed by atoms with Gasteiger partial charge in [0, 0.05) is 65.6 Å². The second-order valence-corrected chi connectivity index (χ2v) is 18.2. The molecule has 4 heterocycles. The quantitative estimate of drug-likeness (QED) is 0.153. The van der Waals surface area contributed by atoms with Crippen LogP contribution in [0.3, 0.4) is 0 Å². The molecule has 6 nitrogen and oxygen atoms in total. The Balaban J connectivity index is 1.23. The van der Waals surface area contributed by atoms with Gasteiger partial charge >= 0.3 is 0 Å². The van der Waals surface area contributed by atoms with Crippen molar-refractivity contribution in [3.05, 3.63) is 259 Å². The van der Waals surface area contributed by atoms with E-state index in [0.29, 0.717) is 32.8 Å². The van der Waals surface area contributed by atoms with Gasteiger partial charge in [-0.05, 0) is 71.8 Å². The number of nitriles is 1. The predicted octanol–water partition coefficient (Wildman–Crippen LogP) is 17.8. The minimum atomic E-state index is -0.689. The average molecular weight is 951 g/mol. The second kappa shape index (κ2) is 16.1. The summed E-state index contributed by atoms with van der Waals surface area (Å²) in [7, 11) is 0. The van der Waals surface area contributed by atoms with Gasteiger partial charge in [0.2, 0.25) is 5.69 Å². The standard InChI is InChI=1S/C68H40N6/c1-70-64-61(44-24-8-3-9-25-44)67(73-56-36-20-16-32-51(56)62-58(73)40-38-49-47-30-14-18-34-54(47)71(65(49)62)45-26-10-4-11-27-45)53(42-69)60(43-22-6-2-7-23-43)68(64)74-57-37-21-17-33-52(57)63-59(74)41-39-50-48-31-15-19-35-55(48)72(66(50)63)46-28-12-5-13-29-46/h2-41H/i2D,3D,6D,7D,8D,9D,22D,23D,24D,25D. The van der Waals surface area contributed by atoms with Crippen LogP contribution in [-0.2, 0) is 0 Å². The molecule has 0 aliphatic heterocycles. The van der Waals surface area contributed by atoms with Crippen molar-refractivity contribution in [1.82, 2.24) is 18.3 Å². The van der Waals surface area contributed by atoms with Crippen molar-refractivity contribution in [3.63, 3.8) is 0 Å². The van der Waals surface area contributed by atoms with Crippen molar-refractivity contribution >= 4 is 92.9 Å². The Hall–Kier alpha value is -10.4. The molecule has 11 aromatic carbocycles. The van der Waals surface area contributed by atoms with Gasteiger partial charge in [-0.15, -0.1) is 0 Å². The molecule has 0 saturated heterocycles. The van der Waals surface area contributed by atoms with Crippen LogP contribution in [-0.4, -0.2) is 18.3 Å². The molecule has 74 heavy (non-hydrogen) atoms. The number of para-hydroxylation sites is 6. The smallest absolute Gasteiger partial charge is 0.221 e. The van der Waals surface area contributed by atoms with E-state index >= 15 is 0 Å². The molecule has 0 N–H and O–H groups in total. The summed E-state index contributed by atoms with van der Waals surface area (Å²) in [6.07, 6.45) is 0. The molecule has 15 aromatic rings. The topological polar surface area (TPSA) is 47.9 Å². The minimum Gasteiger partial charge on any atom is -0.318 e. The lowest BCUT2D eigenvalue weighted by Gasteiger charge is -2.25. The summed E-state index contributed by atoms with van der Waals surface area (Å²) in [5, 5.41) is 19.1. The molecule has 0 fully saturated rings. The first-order chi connectivity index (χ1) is 40.9. The second-order valence-electron chi connectivity index (χ2n) is 18.2. The molecule has 0 unspecified atom stereocenters. The van der Waals surface area contributed by atoms with Crippen molar-refractivity contribution < 1.29 is 13.7 Å². The zero-order valence-corrected chi connectivity index (χ0v) is 39.0. The third kappa shape index (κ3) is 5.68. The van der Waals surface area contributed by atoms with Crippen molar-refractivity contribution in [1.29, 1.82) is 5.26 Å². The zero-order chi connectivity index (χ0) is 57.7. The van der Waals surface area contributed by atoms with E-state index in [9.17, 15) is 22.8 Å². The molecular weight excluding hydrogens is 901 g/mol. The maximum atomic E-state index is 12.5. The lowest BCUT2D eigenvalue weighted by atomic mass is 9.88. The molecule has 6 heteroatoms. The van der Waals surface area contributed by atoms with Gasteiger partial charge in [0.1, 0.15) is 6.07 Å². The molecule has 0 aliphatic carbocycles. The molecule has 0 radical (unpaired) electrons. The van der Waals surface area contributed by atoms with Gasteiger partial charge in [0.05, 0.1) is 81.4 Å². The fourth-order valence-corrected chi connectivity index (χ4v) is 11.8. The minimum absolute atomic E-state index is 0.104. The summed E-state index contributed by atoms with van der Waals surface area (Å²) in [4.78, 5) is 4.40. The van der Waals surface area contributed by atoms with Gasteiger partial charge < -0.3 is 18.3 Å². The first kappa shape index (κ1) is 32.5. The first-order valence-electron chi connectivity index (χ1n) is 29.1. The van der Waals surface area contributed by atoms with E-state index < -0.39 is 60.4 Å².